The minimum absolute atomic E-state index is 0.651. The first-order chi connectivity index (χ1) is 7.45. The van der Waals surface area contributed by atoms with Gasteiger partial charge in [-0.3, -0.25) is 4.90 Å². The maximum Gasteiger partial charge on any atom is 0.0635 e. The van der Waals surface area contributed by atoms with Crippen molar-refractivity contribution in [3.63, 3.8) is 0 Å². The lowest BCUT2D eigenvalue weighted by atomic mass is 9.95. The molecule has 2 heterocycles. The van der Waals surface area contributed by atoms with Crippen LogP contribution in [0, 0.1) is 0 Å². The first-order valence-electron chi connectivity index (χ1n) is 6.52. The Bertz CT molecular complexity index is 222. The van der Waals surface area contributed by atoms with Gasteiger partial charge in [0.15, 0.2) is 0 Å². The Morgan fingerprint density at radius 3 is 3.07 bits per heavy atom. The number of ether oxygens (including phenoxy) is 1. The van der Waals surface area contributed by atoms with Crippen LogP contribution in [-0.2, 0) is 4.74 Å². The largest absolute Gasteiger partial charge is 0.378 e. The van der Waals surface area contributed by atoms with E-state index in [1.807, 2.05) is 0 Å². The van der Waals surface area contributed by atoms with E-state index >= 15 is 0 Å². The van der Waals surface area contributed by atoms with Crippen molar-refractivity contribution < 1.29 is 4.74 Å². The van der Waals surface area contributed by atoms with E-state index in [1.165, 1.54) is 32.1 Å². The fraction of sp³-hybridized carbons (Fsp3) is 1.00. The highest BCUT2D eigenvalue weighted by atomic mass is 16.5. The van der Waals surface area contributed by atoms with Crippen LogP contribution in [0.5, 0.6) is 0 Å². The topological polar surface area (TPSA) is 24.5 Å². The van der Waals surface area contributed by atoms with Crippen LogP contribution in [-0.4, -0.2) is 49.3 Å². The molecule has 2 aliphatic heterocycles. The third-order valence-corrected chi connectivity index (χ3v) is 4.29. The van der Waals surface area contributed by atoms with Crippen molar-refractivity contribution in [2.75, 3.05) is 26.3 Å². The molecule has 2 saturated heterocycles. The zero-order chi connectivity index (χ0) is 10.1. The van der Waals surface area contributed by atoms with Crippen LogP contribution in [0.1, 0.15) is 32.1 Å². The Labute approximate surface area is 92.2 Å². The quantitative estimate of drug-likeness (QED) is 0.645. The van der Waals surface area contributed by atoms with Gasteiger partial charge < -0.3 is 10.1 Å². The molecular formula is C12H22N2O. The summed E-state index contributed by atoms with van der Waals surface area (Å²) in [4.78, 5) is 2.73. The predicted molar refractivity (Wildman–Crippen MR) is 60.0 cm³/mol. The van der Waals surface area contributed by atoms with Crippen molar-refractivity contribution in [2.24, 2.45) is 0 Å². The second kappa shape index (κ2) is 4.40. The molecule has 86 valence electrons. The Hall–Kier alpha value is -0.120. The molecule has 0 spiro atoms. The Kier molecular flexibility index (Phi) is 2.95. The van der Waals surface area contributed by atoms with E-state index in [2.05, 4.69) is 10.2 Å². The van der Waals surface area contributed by atoms with Gasteiger partial charge in [-0.2, -0.15) is 0 Å². The Morgan fingerprint density at radius 2 is 2.07 bits per heavy atom. The monoisotopic (exact) mass is 210 g/mol. The Morgan fingerprint density at radius 1 is 1.13 bits per heavy atom. The highest BCUT2D eigenvalue weighted by molar-refractivity contribution is 4.96. The van der Waals surface area contributed by atoms with Crippen LogP contribution in [0.15, 0.2) is 0 Å². The summed E-state index contributed by atoms with van der Waals surface area (Å²) in [6.07, 6.45) is 7.06. The molecule has 3 fully saturated rings. The average Bonchev–Trinajstić information content (AvgIpc) is 2.54. The van der Waals surface area contributed by atoms with E-state index in [0.717, 1.165) is 38.4 Å². The number of morpholine rings is 1. The molecule has 0 aromatic heterocycles. The molecule has 0 aromatic carbocycles. The van der Waals surface area contributed by atoms with Gasteiger partial charge in [-0.05, 0) is 12.8 Å². The fourth-order valence-corrected chi connectivity index (χ4v) is 3.49. The molecule has 1 saturated carbocycles. The molecule has 3 heteroatoms. The molecule has 3 nitrogen and oxygen atoms in total. The van der Waals surface area contributed by atoms with Gasteiger partial charge in [0.1, 0.15) is 0 Å². The van der Waals surface area contributed by atoms with Gasteiger partial charge in [0.25, 0.3) is 0 Å². The van der Waals surface area contributed by atoms with Crippen LogP contribution in [0.4, 0.5) is 0 Å². The molecule has 3 aliphatic rings. The first-order valence-corrected chi connectivity index (χ1v) is 6.52. The normalized spacial score (nSPS) is 42.8. The number of piperazine rings is 1. The number of nitrogens with one attached hydrogen (secondary N) is 1. The molecule has 0 bridgehead atoms. The van der Waals surface area contributed by atoms with Crippen molar-refractivity contribution in [2.45, 2.75) is 50.2 Å². The fourth-order valence-electron chi connectivity index (χ4n) is 3.49. The molecule has 3 rings (SSSR count). The second-order valence-corrected chi connectivity index (χ2v) is 5.19. The number of hydrogen-bond donors (Lipinski definition) is 1. The van der Waals surface area contributed by atoms with Gasteiger partial charge in [-0.1, -0.05) is 19.3 Å². The van der Waals surface area contributed by atoms with Gasteiger partial charge in [-0.15, -0.1) is 0 Å². The smallest absolute Gasteiger partial charge is 0.0635 e. The average molecular weight is 210 g/mol. The molecule has 3 atom stereocenters. The van der Waals surface area contributed by atoms with Crippen molar-refractivity contribution in [3.8, 4) is 0 Å². The van der Waals surface area contributed by atoms with Crippen LogP contribution >= 0.6 is 0 Å². The number of fused-ring (bicyclic) bond motifs is 3. The van der Waals surface area contributed by atoms with Crippen LogP contribution < -0.4 is 5.32 Å². The van der Waals surface area contributed by atoms with Gasteiger partial charge >= 0.3 is 0 Å². The lowest BCUT2D eigenvalue weighted by Crippen LogP contribution is -2.65. The predicted octanol–water partition coefficient (Wildman–Crippen LogP) is 0.992. The first kappa shape index (κ1) is 10.1. The minimum atomic E-state index is 0.651. The summed E-state index contributed by atoms with van der Waals surface area (Å²) in [6.45, 7) is 4.19. The number of hydrogen-bond acceptors (Lipinski definition) is 3. The highest BCUT2D eigenvalue weighted by Gasteiger charge is 2.38. The lowest BCUT2D eigenvalue weighted by molar-refractivity contribution is -0.0561. The van der Waals surface area contributed by atoms with Crippen molar-refractivity contribution in [1.82, 2.24) is 10.2 Å². The van der Waals surface area contributed by atoms with E-state index in [9.17, 15) is 0 Å². The zero-order valence-electron chi connectivity index (χ0n) is 9.45. The minimum Gasteiger partial charge on any atom is -0.378 e. The molecule has 0 radical (unpaired) electrons. The molecular weight excluding hydrogens is 188 g/mol. The maximum atomic E-state index is 5.57. The molecule has 1 N–H and O–H groups in total. The van der Waals surface area contributed by atoms with E-state index in [-0.39, 0.29) is 0 Å². The van der Waals surface area contributed by atoms with Crippen molar-refractivity contribution in [1.29, 1.82) is 0 Å². The highest BCUT2D eigenvalue weighted by Crippen LogP contribution is 2.28. The molecule has 1 aliphatic carbocycles. The van der Waals surface area contributed by atoms with Crippen LogP contribution in [0.25, 0.3) is 0 Å². The third kappa shape index (κ3) is 1.93. The summed E-state index contributed by atoms with van der Waals surface area (Å²) >= 11 is 0. The second-order valence-electron chi connectivity index (χ2n) is 5.19. The third-order valence-electron chi connectivity index (χ3n) is 4.29. The van der Waals surface area contributed by atoms with Gasteiger partial charge in [0.05, 0.1) is 13.2 Å². The van der Waals surface area contributed by atoms with Crippen LogP contribution in [0.2, 0.25) is 0 Å². The van der Waals surface area contributed by atoms with E-state index in [0.29, 0.717) is 6.04 Å². The summed E-state index contributed by atoms with van der Waals surface area (Å²) in [6, 6.07) is 2.22. The summed E-state index contributed by atoms with van der Waals surface area (Å²) in [5, 5.41) is 3.74. The molecule has 3 unspecified atom stereocenters. The van der Waals surface area contributed by atoms with Gasteiger partial charge in [0.2, 0.25) is 0 Å². The number of rotatable bonds is 0. The summed E-state index contributed by atoms with van der Waals surface area (Å²) < 4.78 is 5.57. The SMILES string of the molecule is C1CCC2NCC3COCCN3C2CC1. The molecule has 0 aromatic rings. The van der Waals surface area contributed by atoms with E-state index < -0.39 is 0 Å². The lowest BCUT2D eigenvalue weighted by Gasteiger charge is -2.48. The van der Waals surface area contributed by atoms with E-state index in [1.54, 1.807) is 0 Å². The van der Waals surface area contributed by atoms with Crippen molar-refractivity contribution in [3.05, 3.63) is 0 Å². The maximum absolute atomic E-state index is 5.57. The molecule has 0 amide bonds. The summed E-state index contributed by atoms with van der Waals surface area (Å²) in [5.74, 6) is 0. The van der Waals surface area contributed by atoms with Crippen LogP contribution in [0.3, 0.4) is 0 Å². The van der Waals surface area contributed by atoms with Crippen molar-refractivity contribution >= 4 is 0 Å². The number of nitrogens with zero attached hydrogens (tertiary/aromatic N) is 1. The van der Waals surface area contributed by atoms with Gasteiger partial charge in [0, 0.05) is 31.2 Å². The van der Waals surface area contributed by atoms with E-state index in [4.69, 9.17) is 4.74 Å². The van der Waals surface area contributed by atoms with Gasteiger partial charge in [-0.25, -0.2) is 0 Å². The summed E-state index contributed by atoms with van der Waals surface area (Å²) in [5.41, 5.74) is 0. The summed E-state index contributed by atoms with van der Waals surface area (Å²) in [7, 11) is 0. The zero-order valence-corrected chi connectivity index (χ0v) is 9.45. The Balaban J connectivity index is 1.74. The molecule has 15 heavy (non-hydrogen) atoms. The standard InChI is InChI=1S/C12H22N2O/c1-2-4-11-12(5-3-1)14-6-7-15-9-10(14)8-13-11/h10-13H,1-9H2.